The lowest BCUT2D eigenvalue weighted by atomic mass is 10.2. The topological polar surface area (TPSA) is 101 Å². The number of fused-ring (bicyclic) bond motifs is 2. The Kier molecular flexibility index (Phi) is 4.39. The van der Waals surface area contributed by atoms with Crippen LogP contribution in [0.15, 0.2) is 59.9 Å². The van der Waals surface area contributed by atoms with E-state index in [1.807, 2.05) is 0 Å². The molecular formula is C21H15F2N7O. The van der Waals surface area contributed by atoms with Gasteiger partial charge < -0.3 is 10.3 Å². The summed E-state index contributed by atoms with van der Waals surface area (Å²) in [6, 6.07) is 9.02. The van der Waals surface area contributed by atoms with Crippen molar-refractivity contribution in [1.82, 2.24) is 29.5 Å². The van der Waals surface area contributed by atoms with Gasteiger partial charge in [-0.1, -0.05) is 12.1 Å². The molecule has 10 heteroatoms. The summed E-state index contributed by atoms with van der Waals surface area (Å²) in [6.45, 7) is 1.76. The van der Waals surface area contributed by atoms with Crippen molar-refractivity contribution in [2.24, 2.45) is 0 Å². The minimum absolute atomic E-state index is 0.0178. The Balaban J connectivity index is 1.72. The third kappa shape index (κ3) is 3.18. The molecule has 2 N–H and O–H groups in total. The van der Waals surface area contributed by atoms with E-state index >= 15 is 0 Å². The average Bonchev–Trinajstić information content (AvgIpc) is 3.25. The van der Waals surface area contributed by atoms with Crippen molar-refractivity contribution >= 4 is 27.9 Å². The highest BCUT2D eigenvalue weighted by Crippen LogP contribution is 2.24. The highest BCUT2D eigenvalue weighted by Gasteiger charge is 2.21. The number of para-hydroxylation sites is 1. The second-order valence-corrected chi connectivity index (χ2v) is 6.91. The number of benzene rings is 2. The smallest absolute Gasteiger partial charge is 0.266 e. The van der Waals surface area contributed by atoms with Crippen LogP contribution >= 0.6 is 0 Å². The Morgan fingerprint density at radius 2 is 1.94 bits per heavy atom. The average molecular weight is 419 g/mol. The van der Waals surface area contributed by atoms with Crippen molar-refractivity contribution < 1.29 is 8.78 Å². The SMILES string of the molecule is CC(Nc1ncnc2nc[nH]c12)c1nc2ccc(F)cc2c(=O)n1-c1ccccc1F. The molecule has 0 bridgehead atoms. The van der Waals surface area contributed by atoms with E-state index in [9.17, 15) is 13.6 Å². The Labute approximate surface area is 173 Å². The number of imidazole rings is 1. The van der Waals surface area contributed by atoms with Gasteiger partial charge in [0.25, 0.3) is 5.56 Å². The van der Waals surface area contributed by atoms with Gasteiger partial charge in [-0.25, -0.2) is 28.7 Å². The van der Waals surface area contributed by atoms with Crippen molar-refractivity contribution in [2.45, 2.75) is 13.0 Å². The summed E-state index contributed by atoms with van der Waals surface area (Å²) in [5.74, 6) is -0.495. The van der Waals surface area contributed by atoms with E-state index in [0.717, 1.165) is 10.6 Å². The predicted octanol–water partition coefficient (Wildman–Crippen LogP) is 3.50. The summed E-state index contributed by atoms with van der Waals surface area (Å²) in [5.41, 5.74) is 0.795. The lowest BCUT2D eigenvalue weighted by Crippen LogP contribution is -2.28. The normalized spacial score (nSPS) is 12.4. The fraction of sp³-hybridized carbons (Fsp3) is 0.0952. The van der Waals surface area contributed by atoms with E-state index in [0.29, 0.717) is 22.5 Å². The summed E-state index contributed by atoms with van der Waals surface area (Å²) in [6.07, 6.45) is 2.85. The van der Waals surface area contributed by atoms with E-state index in [1.165, 1.54) is 43.0 Å². The highest BCUT2D eigenvalue weighted by molar-refractivity contribution is 5.82. The number of aromatic nitrogens is 6. The Morgan fingerprint density at radius 3 is 2.77 bits per heavy atom. The molecule has 3 aromatic heterocycles. The number of anilines is 1. The van der Waals surface area contributed by atoms with Crippen LogP contribution < -0.4 is 10.9 Å². The molecule has 2 aromatic carbocycles. The van der Waals surface area contributed by atoms with Gasteiger partial charge in [0.2, 0.25) is 0 Å². The van der Waals surface area contributed by atoms with Crippen LogP contribution in [0.3, 0.4) is 0 Å². The third-order valence-corrected chi connectivity index (χ3v) is 4.91. The van der Waals surface area contributed by atoms with Crippen LogP contribution in [-0.2, 0) is 0 Å². The fourth-order valence-corrected chi connectivity index (χ4v) is 3.48. The van der Waals surface area contributed by atoms with Crippen LogP contribution in [0.4, 0.5) is 14.6 Å². The minimum Gasteiger partial charge on any atom is -0.358 e. The fourth-order valence-electron chi connectivity index (χ4n) is 3.48. The number of aromatic amines is 1. The second kappa shape index (κ2) is 7.24. The lowest BCUT2D eigenvalue weighted by molar-refractivity contribution is 0.606. The molecule has 1 atom stereocenters. The molecule has 154 valence electrons. The van der Waals surface area contributed by atoms with E-state index in [-0.39, 0.29) is 16.9 Å². The summed E-state index contributed by atoms with van der Waals surface area (Å²) >= 11 is 0. The van der Waals surface area contributed by atoms with Crippen LogP contribution in [0.5, 0.6) is 0 Å². The molecule has 0 aliphatic heterocycles. The number of nitrogens with zero attached hydrogens (tertiary/aromatic N) is 5. The van der Waals surface area contributed by atoms with Crippen LogP contribution in [-0.4, -0.2) is 29.5 Å². The van der Waals surface area contributed by atoms with Crippen LogP contribution in [0.2, 0.25) is 0 Å². The second-order valence-electron chi connectivity index (χ2n) is 6.91. The van der Waals surface area contributed by atoms with Crippen molar-refractivity contribution in [1.29, 1.82) is 0 Å². The first-order valence-electron chi connectivity index (χ1n) is 9.40. The van der Waals surface area contributed by atoms with Crippen molar-refractivity contribution in [2.75, 3.05) is 5.32 Å². The molecule has 1 unspecified atom stereocenters. The maximum atomic E-state index is 14.7. The number of rotatable bonds is 4. The van der Waals surface area contributed by atoms with Gasteiger partial charge in [0.1, 0.15) is 29.3 Å². The monoisotopic (exact) mass is 419 g/mol. The minimum atomic E-state index is -0.603. The molecule has 31 heavy (non-hydrogen) atoms. The van der Waals surface area contributed by atoms with Gasteiger partial charge in [-0.15, -0.1) is 0 Å². The summed E-state index contributed by atoms with van der Waals surface area (Å²) < 4.78 is 29.6. The molecule has 0 spiro atoms. The first kappa shape index (κ1) is 18.8. The van der Waals surface area contributed by atoms with Crippen molar-refractivity contribution in [3.8, 4) is 5.69 Å². The Bertz CT molecular complexity index is 1490. The molecule has 5 aromatic rings. The number of hydrogen-bond acceptors (Lipinski definition) is 6. The lowest BCUT2D eigenvalue weighted by Gasteiger charge is -2.20. The molecule has 0 amide bonds. The molecule has 0 saturated carbocycles. The molecular weight excluding hydrogens is 404 g/mol. The van der Waals surface area contributed by atoms with Crippen LogP contribution in [0.1, 0.15) is 18.8 Å². The first-order valence-corrected chi connectivity index (χ1v) is 9.40. The van der Waals surface area contributed by atoms with Crippen molar-refractivity contribution in [3.05, 3.63) is 82.9 Å². The number of nitrogens with one attached hydrogen (secondary N) is 2. The maximum Gasteiger partial charge on any atom is 0.266 e. The standard InChI is InChI=1S/C21H15F2N7O/c1-11(28-19-17-18(25-9-24-17)26-10-27-19)20-29-15-7-6-12(22)8-13(15)21(31)30(20)16-5-3-2-4-14(16)23/h2-11H,1H3,(H2,24,25,26,27,28). The van der Waals surface area contributed by atoms with E-state index in [1.54, 1.807) is 13.0 Å². The quantitative estimate of drug-likeness (QED) is 0.462. The number of H-pyrrole nitrogens is 1. The molecule has 5 rings (SSSR count). The van der Waals surface area contributed by atoms with Gasteiger partial charge in [-0.05, 0) is 37.3 Å². The number of hydrogen-bond donors (Lipinski definition) is 2. The molecule has 0 fully saturated rings. The molecule has 0 saturated heterocycles. The van der Waals surface area contributed by atoms with E-state index in [2.05, 4.69) is 30.2 Å². The van der Waals surface area contributed by atoms with Gasteiger partial charge in [0.15, 0.2) is 11.5 Å². The zero-order valence-electron chi connectivity index (χ0n) is 16.2. The molecule has 3 heterocycles. The van der Waals surface area contributed by atoms with Gasteiger partial charge in [-0.3, -0.25) is 9.36 Å². The van der Waals surface area contributed by atoms with Gasteiger partial charge in [0, 0.05) is 0 Å². The molecule has 0 aliphatic carbocycles. The molecule has 0 aliphatic rings. The molecule has 0 radical (unpaired) electrons. The molecule has 8 nitrogen and oxygen atoms in total. The summed E-state index contributed by atoms with van der Waals surface area (Å²) in [5, 5.41) is 3.23. The zero-order chi connectivity index (χ0) is 21.5. The van der Waals surface area contributed by atoms with Gasteiger partial charge in [-0.2, -0.15) is 0 Å². The Morgan fingerprint density at radius 1 is 1.10 bits per heavy atom. The van der Waals surface area contributed by atoms with E-state index < -0.39 is 23.2 Å². The first-order chi connectivity index (χ1) is 15.0. The maximum absolute atomic E-state index is 14.7. The van der Waals surface area contributed by atoms with Crippen LogP contribution in [0, 0.1) is 11.6 Å². The van der Waals surface area contributed by atoms with E-state index in [4.69, 9.17) is 0 Å². The summed E-state index contributed by atoms with van der Waals surface area (Å²) in [4.78, 5) is 33.2. The van der Waals surface area contributed by atoms with Crippen LogP contribution in [0.25, 0.3) is 27.8 Å². The number of halogens is 2. The van der Waals surface area contributed by atoms with Crippen molar-refractivity contribution in [3.63, 3.8) is 0 Å². The zero-order valence-corrected chi connectivity index (χ0v) is 16.2. The van der Waals surface area contributed by atoms with Gasteiger partial charge in [0.05, 0.1) is 29.0 Å². The van der Waals surface area contributed by atoms with Gasteiger partial charge >= 0.3 is 0 Å². The summed E-state index contributed by atoms with van der Waals surface area (Å²) in [7, 11) is 0. The Hall–Kier alpha value is -4.21. The third-order valence-electron chi connectivity index (χ3n) is 4.91. The largest absolute Gasteiger partial charge is 0.358 e. The predicted molar refractivity (Wildman–Crippen MR) is 111 cm³/mol. The highest BCUT2D eigenvalue weighted by atomic mass is 19.1.